The van der Waals surface area contributed by atoms with E-state index < -0.39 is 0 Å². The molecule has 1 fully saturated rings. The van der Waals surface area contributed by atoms with Crippen molar-refractivity contribution in [3.05, 3.63) is 29.6 Å². The Morgan fingerprint density at radius 2 is 2.41 bits per heavy atom. The van der Waals surface area contributed by atoms with Gasteiger partial charge in [-0.25, -0.2) is 0 Å². The molecule has 92 valence electrons. The molecule has 1 aliphatic heterocycles. The van der Waals surface area contributed by atoms with Crippen LogP contribution in [0, 0.1) is 6.92 Å². The van der Waals surface area contributed by atoms with E-state index in [1.165, 1.54) is 0 Å². The maximum absolute atomic E-state index is 12.4. The summed E-state index contributed by atoms with van der Waals surface area (Å²) in [5.74, 6) is 0.608. The Kier molecular flexibility index (Phi) is 4.00. The van der Waals surface area contributed by atoms with Crippen LogP contribution in [0.3, 0.4) is 0 Å². The van der Waals surface area contributed by atoms with E-state index in [0.717, 1.165) is 37.1 Å². The molecule has 4 heteroatoms. The molecule has 0 saturated carbocycles. The third-order valence-corrected chi connectivity index (χ3v) is 3.57. The SMILES string of the molecule is Cc1cc(C(=O)N2CCCCC2CCl)ccn1. The molecule has 1 saturated heterocycles. The predicted molar refractivity (Wildman–Crippen MR) is 68.4 cm³/mol. The summed E-state index contributed by atoms with van der Waals surface area (Å²) in [4.78, 5) is 18.4. The van der Waals surface area contributed by atoms with Gasteiger partial charge in [-0.05, 0) is 38.3 Å². The third kappa shape index (κ3) is 2.78. The summed E-state index contributed by atoms with van der Waals surface area (Å²) in [6.07, 6.45) is 4.93. The number of hydrogen-bond acceptors (Lipinski definition) is 2. The maximum atomic E-state index is 12.4. The summed E-state index contributed by atoms with van der Waals surface area (Å²) in [5, 5.41) is 0. The fourth-order valence-corrected chi connectivity index (χ4v) is 2.59. The first-order chi connectivity index (χ1) is 8.22. The fraction of sp³-hybridized carbons (Fsp3) is 0.538. The number of alkyl halides is 1. The second-order valence-corrected chi connectivity index (χ2v) is 4.80. The number of pyridine rings is 1. The van der Waals surface area contributed by atoms with Gasteiger partial charge >= 0.3 is 0 Å². The number of carbonyl (C=O) groups is 1. The molecule has 1 aromatic heterocycles. The summed E-state index contributed by atoms with van der Waals surface area (Å²) in [6.45, 7) is 2.71. The van der Waals surface area contributed by atoms with Crippen LogP contribution in [0.2, 0.25) is 0 Å². The quantitative estimate of drug-likeness (QED) is 0.758. The van der Waals surface area contributed by atoms with E-state index in [2.05, 4.69) is 4.98 Å². The number of hydrogen-bond donors (Lipinski definition) is 0. The molecule has 1 aromatic rings. The molecule has 0 spiro atoms. The zero-order chi connectivity index (χ0) is 12.3. The van der Waals surface area contributed by atoms with Gasteiger partial charge in [0.2, 0.25) is 0 Å². The van der Waals surface area contributed by atoms with Crippen LogP contribution < -0.4 is 0 Å². The Morgan fingerprint density at radius 3 is 3.12 bits per heavy atom. The molecule has 2 rings (SSSR count). The third-order valence-electron chi connectivity index (χ3n) is 3.21. The first-order valence-corrected chi connectivity index (χ1v) is 6.55. The number of likely N-dealkylation sites (tertiary alicyclic amines) is 1. The van der Waals surface area contributed by atoms with Gasteiger partial charge < -0.3 is 4.90 Å². The molecule has 1 unspecified atom stereocenters. The topological polar surface area (TPSA) is 33.2 Å². The second kappa shape index (κ2) is 5.50. The number of nitrogens with zero attached hydrogens (tertiary/aromatic N) is 2. The van der Waals surface area contributed by atoms with E-state index in [0.29, 0.717) is 5.88 Å². The molecule has 0 aromatic carbocycles. The summed E-state index contributed by atoms with van der Waals surface area (Å²) in [6, 6.07) is 3.80. The zero-order valence-corrected chi connectivity index (χ0v) is 10.8. The van der Waals surface area contributed by atoms with Crippen molar-refractivity contribution in [3.63, 3.8) is 0 Å². The lowest BCUT2D eigenvalue weighted by Crippen LogP contribution is -2.44. The average Bonchev–Trinajstić information content (AvgIpc) is 2.38. The van der Waals surface area contributed by atoms with E-state index in [1.807, 2.05) is 17.9 Å². The van der Waals surface area contributed by atoms with Crippen LogP contribution in [0.15, 0.2) is 18.3 Å². The first kappa shape index (κ1) is 12.4. The molecule has 17 heavy (non-hydrogen) atoms. The summed E-state index contributed by atoms with van der Waals surface area (Å²) < 4.78 is 0. The van der Waals surface area contributed by atoms with E-state index >= 15 is 0 Å². The summed E-state index contributed by atoms with van der Waals surface area (Å²) >= 11 is 5.93. The molecule has 0 N–H and O–H groups in total. The zero-order valence-electron chi connectivity index (χ0n) is 10.0. The Bertz CT molecular complexity index is 408. The van der Waals surface area contributed by atoms with Crippen LogP contribution >= 0.6 is 11.6 Å². The van der Waals surface area contributed by atoms with Gasteiger partial charge in [0.1, 0.15) is 0 Å². The summed E-state index contributed by atoms with van der Waals surface area (Å²) in [7, 11) is 0. The highest BCUT2D eigenvalue weighted by molar-refractivity contribution is 6.18. The van der Waals surface area contributed by atoms with Gasteiger partial charge in [0.05, 0.1) is 0 Å². The molecule has 0 bridgehead atoms. The van der Waals surface area contributed by atoms with Crippen LogP contribution in [0.1, 0.15) is 35.3 Å². The fourth-order valence-electron chi connectivity index (χ4n) is 2.27. The molecule has 0 aliphatic carbocycles. The molecule has 1 aliphatic rings. The van der Waals surface area contributed by atoms with Crippen LogP contribution in [0.5, 0.6) is 0 Å². The predicted octanol–water partition coefficient (Wildman–Crippen LogP) is 2.62. The van der Waals surface area contributed by atoms with Crippen molar-refractivity contribution in [2.45, 2.75) is 32.2 Å². The van der Waals surface area contributed by atoms with E-state index in [-0.39, 0.29) is 11.9 Å². The molecule has 0 radical (unpaired) electrons. The number of aromatic nitrogens is 1. The smallest absolute Gasteiger partial charge is 0.254 e. The number of aryl methyl sites for hydroxylation is 1. The van der Waals surface area contributed by atoms with Gasteiger partial charge in [-0.2, -0.15) is 0 Å². The minimum absolute atomic E-state index is 0.0841. The Hall–Kier alpha value is -1.09. The van der Waals surface area contributed by atoms with Gasteiger partial charge in [-0.3, -0.25) is 9.78 Å². The van der Waals surface area contributed by atoms with Crippen molar-refractivity contribution in [3.8, 4) is 0 Å². The second-order valence-electron chi connectivity index (χ2n) is 4.49. The Labute approximate surface area is 107 Å². The average molecular weight is 253 g/mol. The molecule has 2 heterocycles. The van der Waals surface area contributed by atoms with Crippen molar-refractivity contribution in [1.29, 1.82) is 0 Å². The van der Waals surface area contributed by atoms with Crippen LogP contribution in [0.25, 0.3) is 0 Å². The number of rotatable bonds is 2. The van der Waals surface area contributed by atoms with Crippen molar-refractivity contribution >= 4 is 17.5 Å². The lowest BCUT2D eigenvalue weighted by Gasteiger charge is -2.34. The Morgan fingerprint density at radius 1 is 1.59 bits per heavy atom. The largest absolute Gasteiger partial charge is 0.334 e. The highest BCUT2D eigenvalue weighted by Crippen LogP contribution is 2.20. The molecular weight excluding hydrogens is 236 g/mol. The van der Waals surface area contributed by atoms with Crippen LogP contribution in [-0.4, -0.2) is 34.3 Å². The van der Waals surface area contributed by atoms with Crippen LogP contribution in [0.4, 0.5) is 0 Å². The summed E-state index contributed by atoms with van der Waals surface area (Å²) in [5.41, 5.74) is 1.59. The lowest BCUT2D eigenvalue weighted by molar-refractivity contribution is 0.0639. The van der Waals surface area contributed by atoms with E-state index in [1.54, 1.807) is 12.3 Å². The minimum Gasteiger partial charge on any atom is -0.334 e. The number of piperidine rings is 1. The van der Waals surface area contributed by atoms with Crippen molar-refractivity contribution in [2.75, 3.05) is 12.4 Å². The monoisotopic (exact) mass is 252 g/mol. The minimum atomic E-state index is 0.0841. The van der Waals surface area contributed by atoms with Crippen molar-refractivity contribution in [2.24, 2.45) is 0 Å². The number of halogens is 1. The Balaban J connectivity index is 2.18. The van der Waals surface area contributed by atoms with Gasteiger partial charge in [0.25, 0.3) is 5.91 Å². The lowest BCUT2D eigenvalue weighted by atomic mass is 10.0. The van der Waals surface area contributed by atoms with Crippen molar-refractivity contribution < 1.29 is 4.79 Å². The van der Waals surface area contributed by atoms with Crippen LogP contribution in [-0.2, 0) is 0 Å². The standard InChI is InChI=1S/C13H17ClN2O/c1-10-8-11(5-6-15-10)13(17)16-7-3-2-4-12(16)9-14/h5-6,8,12H,2-4,7,9H2,1H3. The number of amides is 1. The maximum Gasteiger partial charge on any atom is 0.254 e. The van der Waals surface area contributed by atoms with Gasteiger partial charge in [0, 0.05) is 35.9 Å². The van der Waals surface area contributed by atoms with Gasteiger partial charge in [0.15, 0.2) is 0 Å². The van der Waals surface area contributed by atoms with E-state index in [9.17, 15) is 4.79 Å². The van der Waals surface area contributed by atoms with E-state index in [4.69, 9.17) is 11.6 Å². The molecule has 1 atom stereocenters. The number of carbonyl (C=O) groups excluding carboxylic acids is 1. The normalized spacial score (nSPS) is 20.4. The molecular formula is C13H17ClN2O. The molecule has 3 nitrogen and oxygen atoms in total. The van der Waals surface area contributed by atoms with Gasteiger partial charge in [-0.15, -0.1) is 11.6 Å². The van der Waals surface area contributed by atoms with Gasteiger partial charge in [-0.1, -0.05) is 0 Å². The molecule has 1 amide bonds. The van der Waals surface area contributed by atoms with Crippen molar-refractivity contribution in [1.82, 2.24) is 9.88 Å². The highest BCUT2D eigenvalue weighted by Gasteiger charge is 2.26. The highest BCUT2D eigenvalue weighted by atomic mass is 35.5. The first-order valence-electron chi connectivity index (χ1n) is 6.02.